The summed E-state index contributed by atoms with van der Waals surface area (Å²) in [5, 5.41) is 0. The molecular weight excluding hydrogens is 252 g/mol. The Kier molecular flexibility index (Phi) is 3.85. The number of carbonyl (C=O) groups is 1. The number of likely N-dealkylation sites (tertiary alicyclic amines) is 1. The number of hydrogen-bond acceptors (Lipinski definition) is 4. The van der Waals surface area contributed by atoms with Crippen LogP contribution in [0.3, 0.4) is 0 Å². The van der Waals surface area contributed by atoms with E-state index in [-0.39, 0.29) is 0 Å². The van der Waals surface area contributed by atoms with Gasteiger partial charge in [0.2, 0.25) is 11.9 Å². The molecule has 0 aromatic carbocycles. The van der Waals surface area contributed by atoms with Gasteiger partial charge in [-0.1, -0.05) is 6.92 Å². The quantitative estimate of drug-likeness (QED) is 0.839. The normalized spacial score (nSPS) is 25.6. The fraction of sp³-hybridized carbons (Fsp3) is 0.667. The molecule has 0 N–H and O–H groups in total. The fourth-order valence-electron chi connectivity index (χ4n) is 3.38. The Balaban J connectivity index is 1.63. The summed E-state index contributed by atoms with van der Waals surface area (Å²) in [5.74, 6) is 2.39. The molecule has 3 rings (SSSR count). The molecule has 1 aromatic heterocycles. The average Bonchev–Trinajstić information content (AvgIpc) is 2.91. The molecule has 1 aromatic rings. The minimum Gasteiger partial charge on any atom is -0.342 e. The number of amides is 1. The van der Waals surface area contributed by atoms with Crippen molar-refractivity contribution in [2.45, 2.75) is 26.2 Å². The minimum atomic E-state index is 0.324. The van der Waals surface area contributed by atoms with Gasteiger partial charge in [-0.05, 0) is 30.7 Å². The van der Waals surface area contributed by atoms with Crippen molar-refractivity contribution in [1.82, 2.24) is 14.9 Å². The van der Waals surface area contributed by atoms with Crippen molar-refractivity contribution in [3.8, 4) is 0 Å². The molecule has 5 heteroatoms. The highest BCUT2D eigenvalue weighted by atomic mass is 16.2. The summed E-state index contributed by atoms with van der Waals surface area (Å²) in [6, 6.07) is 1.84. The van der Waals surface area contributed by atoms with Crippen LogP contribution in [0.25, 0.3) is 0 Å². The van der Waals surface area contributed by atoms with Crippen LogP contribution >= 0.6 is 0 Å². The van der Waals surface area contributed by atoms with E-state index in [1.807, 2.05) is 6.07 Å². The molecule has 0 aliphatic carbocycles. The van der Waals surface area contributed by atoms with Crippen LogP contribution in [0, 0.1) is 11.8 Å². The van der Waals surface area contributed by atoms with Crippen molar-refractivity contribution in [3.05, 3.63) is 18.5 Å². The van der Waals surface area contributed by atoms with E-state index >= 15 is 0 Å². The zero-order valence-corrected chi connectivity index (χ0v) is 12.0. The average molecular weight is 274 g/mol. The van der Waals surface area contributed by atoms with Crippen LogP contribution in [0.5, 0.6) is 0 Å². The summed E-state index contributed by atoms with van der Waals surface area (Å²) in [6.07, 6.45) is 6.35. The summed E-state index contributed by atoms with van der Waals surface area (Å²) in [7, 11) is 0. The molecule has 2 fully saturated rings. The van der Waals surface area contributed by atoms with E-state index < -0.39 is 0 Å². The zero-order valence-electron chi connectivity index (χ0n) is 12.0. The topological polar surface area (TPSA) is 49.3 Å². The van der Waals surface area contributed by atoms with Gasteiger partial charge in [0, 0.05) is 45.0 Å². The van der Waals surface area contributed by atoms with Gasteiger partial charge >= 0.3 is 0 Å². The van der Waals surface area contributed by atoms with Gasteiger partial charge in [0.15, 0.2) is 0 Å². The van der Waals surface area contributed by atoms with E-state index in [0.29, 0.717) is 24.2 Å². The third-order valence-corrected chi connectivity index (χ3v) is 4.45. The monoisotopic (exact) mass is 274 g/mol. The molecule has 20 heavy (non-hydrogen) atoms. The molecule has 0 radical (unpaired) electrons. The van der Waals surface area contributed by atoms with Crippen molar-refractivity contribution in [3.63, 3.8) is 0 Å². The third kappa shape index (κ3) is 2.62. The van der Waals surface area contributed by atoms with E-state index in [1.54, 1.807) is 12.4 Å². The van der Waals surface area contributed by atoms with Crippen LogP contribution in [0.15, 0.2) is 18.5 Å². The lowest BCUT2D eigenvalue weighted by Gasteiger charge is -2.34. The predicted molar refractivity (Wildman–Crippen MR) is 77.3 cm³/mol. The number of fused-ring (bicyclic) bond motifs is 1. The molecule has 1 amide bonds. The van der Waals surface area contributed by atoms with E-state index in [2.05, 4.69) is 26.7 Å². The van der Waals surface area contributed by atoms with Crippen molar-refractivity contribution in [2.75, 3.05) is 31.1 Å². The van der Waals surface area contributed by atoms with Crippen LogP contribution in [-0.2, 0) is 4.79 Å². The van der Waals surface area contributed by atoms with E-state index in [0.717, 1.165) is 45.0 Å². The summed E-state index contributed by atoms with van der Waals surface area (Å²) in [5.41, 5.74) is 0. The lowest BCUT2D eigenvalue weighted by molar-refractivity contribution is -0.130. The Morgan fingerprint density at radius 3 is 2.75 bits per heavy atom. The molecule has 0 bridgehead atoms. The first-order valence-corrected chi connectivity index (χ1v) is 7.57. The van der Waals surface area contributed by atoms with Crippen LogP contribution < -0.4 is 4.90 Å². The van der Waals surface area contributed by atoms with Gasteiger partial charge in [-0.25, -0.2) is 9.97 Å². The molecule has 2 aliphatic rings. The molecule has 5 nitrogen and oxygen atoms in total. The summed E-state index contributed by atoms with van der Waals surface area (Å²) in [4.78, 5) is 25.0. The molecule has 0 saturated carbocycles. The lowest BCUT2D eigenvalue weighted by Crippen LogP contribution is -2.40. The number of hydrogen-bond donors (Lipinski definition) is 0. The fourth-order valence-corrected chi connectivity index (χ4v) is 3.38. The predicted octanol–water partition coefficient (Wildman–Crippen LogP) is 1.56. The molecule has 2 atom stereocenters. The number of carbonyl (C=O) groups excluding carboxylic acids is 1. The maximum absolute atomic E-state index is 12.0. The van der Waals surface area contributed by atoms with Gasteiger partial charge in [0.05, 0.1) is 0 Å². The van der Waals surface area contributed by atoms with Crippen molar-refractivity contribution >= 4 is 11.9 Å². The van der Waals surface area contributed by atoms with Crippen molar-refractivity contribution in [1.29, 1.82) is 0 Å². The number of rotatable bonds is 3. The first kappa shape index (κ1) is 13.3. The molecule has 108 valence electrons. The van der Waals surface area contributed by atoms with Gasteiger partial charge < -0.3 is 9.80 Å². The zero-order chi connectivity index (χ0) is 13.9. The van der Waals surface area contributed by atoms with E-state index in [4.69, 9.17) is 0 Å². The summed E-state index contributed by atoms with van der Waals surface area (Å²) in [6.45, 7) is 5.90. The van der Waals surface area contributed by atoms with Gasteiger partial charge in [0.25, 0.3) is 0 Å². The van der Waals surface area contributed by atoms with E-state index in [9.17, 15) is 4.79 Å². The molecular formula is C15H22N4O. The highest BCUT2D eigenvalue weighted by Gasteiger charge is 2.38. The Hall–Kier alpha value is -1.65. The Labute approximate surface area is 120 Å². The first-order chi connectivity index (χ1) is 9.78. The molecule has 3 heterocycles. The second-order valence-electron chi connectivity index (χ2n) is 5.85. The maximum atomic E-state index is 12.0. The van der Waals surface area contributed by atoms with Crippen LogP contribution in [0.1, 0.15) is 26.2 Å². The Bertz CT molecular complexity index is 464. The Morgan fingerprint density at radius 2 is 2.00 bits per heavy atom. The number of aromatic nitrogens is 2. The largest absolute Gasteiger partial charge is 0.342 e. The first-order valence-electron chi connectivity index (χ1n) is 7.57. The smallest absolute Gasteiger partial charge is 0.225 e. The molecule has 0 unspecified atom stereocenters. The Morgan fingerprint density at radius 1 is 1.25 bits per heavy atom. The number of nitrogens with zero attached hydrogens (tertiary/aromatic N) is 4. The maximum Gasteiger partial charge on any atom is 0.225 e. The van der Waals surface area contributed by atoms with E-state index in [1.165, 1.54) is 0 Å². The van der Waals surface area contributed by atoms with Crippen LogP contribution in [-0.4, -0.2) is 47.0 Å². The standard InChI is InChI=1S/C15H22N4O/c1-2-4-14(20)19-9-12-5-8-18(10-13(12)11-19)15-16-6-3-7-17-15/h3,6-7,12-13H,2,4-5,8-11H2,1H3/t12-,13+/m1/s1. The van der Waals surface area contributed by atoms with Crippen molar-refractivity contribution in [2.24, 2.45) is 11.8 Å². The van der Waals surface area contributed by atoms with Gasteiger partial charge in [0.1, 0.15) is 0 Å². The molecule has 2 saturated heterocycles. The van der Waals surface area contributed by atoms with Gasteiger partial charge in [-0.15, -0.1) is 0 Å². The second kappa shape index (κ2) is 5.77. The van der Waals surface area contributed by atoms with Gasteiger partial charge in [-0.2, -0.15) is 0 Å². The highest BCUT2D eigenvalue weighted by molar-refractivity contribution is 5.76. The third-order valence-electron chi connectivity index (χ3n) is 4.45. The number of piperidine rings is 1. The lowest BCUT2D eigenvalue weighted by atomic mass is 9.89. The van der Waals surface area contributed by atoms with Crippen LogP contribution in [0.4, 0.5) is 5.95 Å². The number of anilines is 1. The second-order valence-corrected chi connectivity index (χ2v) is 5.85. The van der Waals surface area contributed by atoms with Crippen LogP contribution in [0.2, 0.25) is 0 Å². The van der Waals surface area contributed by atoms with Crippen molar-refractivity contribution < 1.29 is 4.79 Å². The minimum absolute atomic E-state index is 0.324. The SMILES string of the molecule is CCCC(=O)N1C[C@H]2CCN(c3ncccn3)C[C@H]2C1. The molecule has 2 aliphatic heterocycles. The highest BCUT2D eigenvalue weighted by Crippen LogP contribution is 2.32. The molecule has 0 spiro atoms. The summed E-state index contributed by atoms with van der Waals surface area (Å²) < 4.78 is 0. The van der Waals surface area contributed by atoms with Gasteiger partial charge in [-0.3, -0.25) is 4.79 Å². The summed E-state index contributed by atoms with van der Waals surface area (Å²) >= 11 is 0.